The minimum Gasteiger partial charge on any atom is -0.473 e. The number of benzene rings is 1. The number of rotatable bonds is 5. The van der Waals surface area contributed by atoms with E-state index in [2.05, 4.69) is 20.7 Å². The van der Waals surface area contributed by atoms with Crippen molar-refractivity contribution in [1.29, 1.82) is 0 Å². The summed E-state index contributed by atoms with van der Waals surface area (Å²) in [6.07, 6.45) is 2.14. The summed E-state index contributed by atoms with van der Waals surface area (Å²) in [6.45, 7) is 1.64. The molecule has 3 heterocycles. The molecule has 10 heteroatoms. The minimum absolute atomic E-state index is 0.0317. The molecule has 2 N–H and O–H groups in total. The van der Waals surface area contributed by atoms with Gasteiger partial charge in [-0.3, -0.25) is 0 Å². The number of nitrogens with one attached hydrogen (secondary N) is 2. The van der Waals surface area contributed by atoms with Crippen molar-refractivity contribution in [2.45, 2.75) is 50.3 Å². The number of halogens is 4. The summed E-state index contributed by atoms with van der Waals surface area (Å²) in [7, 11) is 0. The summed E-state index contributed by atoms with van der Waals surface area (Å²) >= 11 is 0. The Labute approximate surface area is 182 Å². The molecule has 2 aromatic heterocycles. The van der Waals surface area contributed by atoms with Crippen molar-refractivity contribution in [2.24, 2.45) is 0 Å². The molecule has 1 aromatic carbocycles. The Bertz CT molecular complexity index is 1120. The Morgan fingerprint density at radius 1 is 1.09 bits per heavy atom. The molecule has 2 aliphatic rings. The van der Waals surface area contributed by atoms with E-state index >= 15 is 0 Å². The molecule has 170 valence electrons. The average Bonchev–Trinajstić information content (AvgIpc) is 3.10. The van der Waals surface area contributed by atoms with Crippen molar-refractivity contribution in [3.8, 4) is 5.88 Å². The summed E-state index contributed by atoms with van der Waals surface area (Å²) in [6, 6.07) is 3.96. The monoisotopic (exact) mass is 449 g/mol. The highest BCUT2D eigenvalue weighted by molar-refractivity contribution is 5.64. The van der Waals surface area contributed by atoms with E-state index in [1.807, 2.05) is 0 Å². The fraction of sp³-hybridized carbons (Fsp3) is 0.455. The van der Waals surface area contributed by atoms with Crippen LogP contribution in [0.2, 0.25) is 0 Å². The lowest BCUT2D eigenvalue weighted by Gasteiger charge is -2.25. The van der Waals surface area contributed by atoms with E-state index in [-0.39, 0.29) is 11.8 Å². The fourth-order valence-electron chi connectivity index (χ4n) is 4.18. The summed E-state index contributed by atoms with van der Waals surface area (Å²) < 4.78 is 61.0. The molecule has 3 aromatic rings. The number of alkyl halides is 3. The second kappa shape index (κ2) is 8.23. The molecule has 0 radical (unpaired) electrons. The lowest BCUT2D eigenvalue weighted by atomic mass is 9.81. The Balaban J connectivity index is 1.53. The Morgan fingerprint density at radius 3 is 2.62 bits per heavy atom. The largest absolute Gasteiger partial charge is 0.473 e. The smallest absolute Gasteiger partial charge is 0.416 e. The van der Waals surface area contributed by atoms with Crippen LogP contribution in [0.1, 0.15) is 49.1 Å². The van der Waals surface area contributed by atoms with Gasteiger partial charge in [-0.05, 0) is 56.3 Å². The molecular weight excluding hydrogens is 426 g/mol. The maximum Gasteiger partial charge on any atom is 0.416 e. The first-order chi connectivity index (χ1) is 15.4. The van der Waals surface area contributed by atoms with Crippen LogP contribution >= 0.6 is 0 Å². The van der Waals surface area contributed by atoms with E-state index in [0.717, 1.165) is 56.3 Å². The van der Waals surface area contributed by atoms with E-state index in [1.54, 1.807) is 12.3 Å². The minimum atomic E-state index is -4.66. The second-order valence-electron chi connectivity index (χ2n) is 8.38. The molecular formula is C22H23F4N5O. The molecule has 5 rings (SSSR count). The zero-order chi connectivity index (χ0) is 22.3. The van der Waals surface area contributed by atoms with E-state index in [4.69, 9.17) is 4.74 Å². The van der Waals surface area contributed by atoms with Crippen LogP contribution in [-0.4, -0.2) is 33.8 Å². The van der Waals surface area contributed by atoms with Gasteiger partial charge in [0.15, 0.2) is 5.65 Å². The SMILES string of the molecule is Fc1cc(Nc2cc(OC3CCCNC3)nc3c(C4CCC4)cnn23)cc(C(F)(F)F)c1. The normalized spacial score (nSPS) is 19.7. The Kier molecular flexibility index (Phi) is 5.40. The summed E-state index contributed by atoms with van der Waals surface area (Å²) in [5.41, 5.74) is 0.495. The van der Waals surface area contributed by atoms with Crippen LogP contribution in [0.25, 0.3) is 5.65 Å². The van der Waals surface area contributed by atoms with E-state index in [9.17, 15) is 17.6 Å². The molecule has 1 saturated heterocycles. The first kappa shape index (κ1) is 21.0. The average molecular weight is 449 g/mol. The van der Waals surface area contributed by atoms with Gasteiger partial charge < -0.3 is 15.4 Å². The predicted octanol–water partition coefficient (Wildman–Crippen LogP) is 5.03. The molecule has 32 heavy (non-hydrogen) atoms. The van der Waals surface area contributed by atoms with Gasteiger partial charge in [-0.25, -0.2) is 4.39 Å². The quantitative estimate of drug-likeness (QED) is 0.535. The Morgan fingerprint density at radius 2 is 1.94 bits per heavy atom. The van der Waals surface area contributed by atoms with Gasteiger partial charge in [0.25, 0.3) is 0 Å². The van der Waals surface area contributed by atoms with Crippen LogP contribution in [0.4, 0.5) is 29.1 Å². The van der Waals surface area contributed by atoms with Crippen molar-refractivity contribution in [1.82, 2.24) is 19.9 Å². The lowest BCUT2D eigenvalue weighted by molar-refractivity contribution is -0.137. The molecule has 1 unspecified atom stereocenters. The third-order valence-corrected chi connectivity index (χ3v) is 6.06. The van der Waals surface area contributed by atoms with Crippen molar-refractivity contribution in [3.05, 3.63) is 47.4 Å². The number of piperidine rings is 1. The third kappa shape index (κ3) is 4.23. The van der Waals surface area contributed by atoms with Crippen molar-refractivity contribution >= 4 is 17.2 Å². The maximum absolute atomic E-state index is 13.9. The van der Waals surface area contributed by atoms with Crippen molar-refractivity contribution in [2.75, 3.05) is 18.4 Å². The van der Waals surface area contributed by atoms with E-state index in [0.29, 0.717) is 35.9 Å². The number of hydrogen-bond donors (Lipinski definition) is 2. The fourth-order valence-corrected chi connectivity index (χ4v) is 4.18. The van der Waals surface area contributed by atoms with Gasteiger partial charge in [0, 0.05) is 23.9 Å². The molecule has 1 aliphatic carbocycles. The predicted molar refractivity (Wildman–Crippen MR) is 111 cm³/mol. The van der Waals surface area contributed by atoms with E-state index < -0.39 is 17.6 Å². The summed E-state index contributed by atoms with van der Waals surface area (Å²) in [5.74, 6) is 0.0961. The third-order valence-electron chi connectivity index (χ3n) is 6.06. The van der Waals surface area contributed by atoms with Crippen LogP contribution in [0.15, 0.2) is 30.5 Å². The maximum atomic E-state index is 13.9. The van der Waals surface area contributed by atoms with Gasteiger partial charge in [-0.2, -0.15) is 27.8 Å². The number of ether oxygens (including phenoxy) is 1. The Hall–Kier alpha value is -2.88. The number of fused-ring (bicyclic) bond motifs is 1. The summed E-state index contributed by atoms with van der Waals surface area (Å²) in [5, 5.41) is 10.6. The molecule has 0 spiro atoms. The highest BCUT2D eigenvalue weighted by Gasteiger charge is 2.31. The number of nitrogens with zero attached hydrogens (tertiary/aromatic N) is 3. The van der Waals surface area contributed by atoms with Gasteiger partial charge in [0.2, 0.25) is 5.88 Å². The zero-order valence-corrected chi connectivity index (χ0v) is 17.3. The van der Waals surface area contributed by atoms with Crippen LogP contribution in [0, 0.1) is 5.82 Å². The van der Waals surface area contributed by atoms with Crippen LogP contribution in [-0.2, 0) is 6.18 Å². The zero-order valence-electron chi connectivity index (χ0n) is 17.3. The number of hydrogen-bond acceptors (Lipinski definition) is 5. The van der Waals surface area contributed by atoms with Crippen LogP contribution in [0.3, 0.4) is 0 Å². The summed E-state index contributed by atoms with van der Waals surface area (Å²) in [4.78, 5) is 4.67. The van der Waals surface area contributed by atoms with Gasteiger partial charge >= 0.3 is 6.18 Å². The number of anilines is 2. The molecule has 2 fully saturated rings. The van der Waals surface area contributed by atoms with Crippen molar-refractivity contribution in [3.63, 3.8) is 0 Å². The van der Waals surface area contributed by atoms with Crippen LogP contribution in [0.5, 0.6) is 5.88 Å². The van der Waals surface area contributed by atoms with E-state index in [1.165, 1.54) is 4.52 Å². The molecule has 1 saturated carbocycles. The van der Waals surface area contributed by atoms with Crippen LogP contribution < -0.4 is 15.4 Å². The van der Waals surface area contributed by atoms with Gasteiger partial charge in [0.1, 0.15) is 17.7 Å². The molecule has 0 amide bonds. The molecule has 1 aliphatic heterocycles. The molecule has 0 bridgehead atoms. The topological polar surface area (TPSA) is 63.5 Å². The second-order valence-corrected chi connectivity index (χ2v) is 8.38. The highest BCUT2D eigenvalue weighted by Crippen LogP contribution is 2.39. The first-order valence-electron chi connectivity index (χ1n) is 10.8. The van der Waals surface area contributed by atoms with Crippen molar-refractivity contribution < 1.29 is 22.3 Å². The molecule has 6 nitrogen and oxygen atoms in total. The standard InChI is InChI=1S/C22H23F4N5O/c23-15-7-14(22(24,25)26)8-16(9-15)29-19-10-20(32-17-5-2-6-27-11-17)30-21-18(12-28-31(19)21)13-3-1-4-13/h7-10,12-13,17,27,29H,1-6,11H2. The lowest BCUT2D eigenvalue weighted by Crippen LogP contribution is -2.37. The molecule has 1 atom stereocenters. The van der Waals surface area contributed by atoms with Gasteiger partial charge in [-0.15, -0.1) is 0 Å². The first-order valence-corrected chi connectivity index (χ1v) is 10.8. The highest BCUT2D eigenvalue weighted by atomic mass is 19.4. The number of aromatic nitrogens is 3. The van der Waals surface area contributed by atoms with Gasteiger partial charge in [-0.1, -0.05) is 6.42 Å². The van der Waals surface area contributed by atoms with Gasteiger partial charge in [0.05, 0.1) is 11.8 Å².